The van der Waals surface area contributed by atoms with Gasteiger partial charge in [0.25, 0.3) is 0 Å². The van der Waals surface area contributed by atoms with Crippen molar-refractivity contribution in [3.8, 4) is 0 Å². The van der Waals surface area contributed by atoms with Gasteiger partial charge in [-0.1, -0.05) is 19.3 Å². The fourth-order valence-electron chi connectivity index (χ4n) is 2.26. The van der Waals surface area contributed by atoms with Crippen molar-refractivity contribution in [1.29, 1.82) is 0 Å². The van der Waals surface area contributed by atoms with Crippen LogP contribution >= 0.6 is 0 Å². The van der Waals surface area contributed by atoms with Gasteiger partial charge in [0.2, 0.25) is 0 Å². The van der Waals surface area contributed by atoms with Gasteiger partial charge in [-0.05, 0) is 40.8 Å². The van der Waals surface area contributed by atoms with Crippen LogP contribution in [0.15, 0.2) is 0 Å². The molecule has 0 radical (unpaired) electrons. The van der Waals surface area contributed by atoms with Crippen LogP contribution in [0.1, 0.15) is 46.0 Å². The molecule has 0 bridgehead atoms. The number of rotatable bonds is 5. The molecule has 1 aliphatic rings. The largest absolute Gasteiger partial charge is 0.480 e. The lowest BCUT2D eigenvalue weighted by molar-refractivity contribution is -0.145. The van der Waals surface area contributed by atoms with Gasteiger partial charge in [-0.25, -0.2) is 9.59 Å². The fraction of sp³-hybridized carbons (Fsp3) is 0.857. The molecule has 0 saturated heterocycles. The Morgan fingerprint density at radius 1 is 1.20 bits per heavy atom. The van der Waals surface area contributed by atoms with Crippen molar-refractivity contribution in [3.63, 3.8) is 0 Å². The average molecular weight is 285 g/mol. The first-order valence-corrected chi connectivity index (χ1v) is 7.16. The zero-order chi connectivity index (χ0) is 15.4. The molecule has 0 aromatic rings. The summed E-state index contributed by atoms with van der Waals surface area (Å²) in [6.07, 6.45) is 3.73. The van der Waals surface area contributed by atoms with Crippen LogP contribution in [-0.2, 0) is 4.79 Å². The summed E-state index contributed by atoms with van der Waals surface area (Å²) in [4.78, 5) is 25.5. The highest BCUT2D eigenvalue weighted by Crippen LogP contribution is 2.28. The van der Waals surface area contributed by atoms with E-state index in [2.05, 4.69) is 10.6 Å². The Bertz CT molecular complexity index is 361. The number of carbonyl (C=O) groups is 2. The summed E-state index contributed by atoms with van der Waals surface area (Å²) in [5.41, 5.74) is -1.27. The number of hydrogen-bond acceptors (Lipinski definition) is 3. The molecule has 6 heteroatoms. The van der Waals surface area contributed by atoms with Crippen LogP contribution in [0, 0.1) is 0 Å². The summed E-state index contributed by atoms with van der Waals surface area (Å²) in [7, 11) is 3.89. The molecule has 6 nitrogen and oxygen atoms in total. The standard InChI is InChI=1S/C14H27N3O3/c1-13(2,17(3)4)10-15-12(20)16-14(11(18)19)8-6-5-7-9-14/h5-10H2,1-4H3,(H,18,19)(H2,15,16,20). The van der Waals surface area contributed by atoms with Crippen LogP contribution in [-0.4, -0.2) is 53.7 Å². The minimum absolute atomic E-state index is 0.180. The molecule has 1 fully saturated rings. The van der Waals surface area contributed by atoms with Gasteiger partial charge in [-0.15, -0.1) is 0 Å². The van der Waals surface area contributed by atoms with Crippen LogP contribution in [0.4, 0.5) is 4.79 Å². The van der Waals surface area contributed by atoms with Crippen molar-refractivity contribution in [2.24, 2.45) is 0 Å². The molecular formula is C14H27N3O3. The Labute approximate surface area is 120 Å². The summed E-state index contributed by atoms with van der Waals surface area (Å²) < 4.78 is 0. The Morgan fingerprint density at radius 2 is 1.75 bits per heavy atom. The fourth-order valence-corrected chi connectivity index (χ4v) is 2.26. The summed E-state index contributed by atoms with van der Waals surface area (Å²) in [5.74, 6) is -0.931. The number of urea groups is 1. The molecule has 116 valence electrons. The lowest BCUT2D eigenvalue weighted by Crippen LogP contribution is -2.59. The number of carboxylic acids is 1. The number of nitrogens with one attached hydrogen (secondary N) is 2. The molecule has 0 aliphatic heterocycles. The second-order valence-electron chi connectivity index (χ2n) is 6.46. The van der Waals surface area contributed by atoms with E-state index in [4.69, 9.17) is 0 Å². The molecule has 0 aromatic heterocycles. The smallest absolute Gasteiger partial charge is 0.329 e. The molecule has 1 aliphatic carbocycles. The third kappa shape index (κ3) is 4.10. The monoisotopic (exact) mass is 285 g/mol. The molecule has 0 unspecified atom stereocenters. The highest BCUT2D eigenvalue weighted by atomic mass is 16.4. The number of amides is 2. The van der Waals surface area contributed by atoms with Crippen LogP contribution in [0.2, 0.25) is 0 Å². The molecule has 2 amide bonds. The Morgan fingerprint density at radius 3 is 2.20 bits per heavy atom. The highest BCUT2D eigenvalue weighted by molar-refractivity contribution is 5.86. The molecular weight excluding hydrogens is 258 g/mol. The number of aliphatic carboxylic acids is 1. The SMILES string of the molecule is CN(C)C(C)(C)CNC(=O)NC1(C(=O)O)CCCCC1. The molecule has 0 spiro atoms. The molecule has 1 saturated carbocycles. The zero-order valence-corrected chi connectivity index (χ0v) is 13.0. The second-order valence-corrected chi connectivity index (χ2v) is 6.46. The summed E-state index contributed by atoms with van der Waals surface area (Å²) in [6.45, 7) is 4.49. The van der Waals surface area contributed by atoms with E-state index in [1.54, 1.807) is 0 Å². The van der Waals surface area contributed by atoms with E-state index in [9.17, 15) is 14.7 Å². The van der Waals surface area contributed by atoms with Crippen LogP contribution in [0.25, 0.3) is 0 Å². The van der Waals surface area contributed by atoms with Gasteiger partial charge in [0.1, 0.15) is 5.54 Å². The van der Waals surface area contributed by atoms with E-state index >= 15 is 0 Å². The quantitative estimate of drug-likeness (QED) is 0.713. The summed E-state index contributed by atoms with van der Waals surface area (Å²) in [6, 6.07) is -0.399. The molecule has 3 N–H and O–H groups in total. The van der Waals surface area contributed by atoms with Gasteiger partial charge >= 0.3 is 12.0 Å². The first-order valence-electron chi connectivity index (χ1n) is 7.16. The van der Waals surface area contributed by atoms with Crippen molar-refractivity contribution in [3.05, 3.63) is 0 Å². The second kappa shape index (κ2) is 6.43. The van der Waals surface area contributed by atoms with Crippen molar-refractivity contribution >= 4 is 12.0 Å². The number of carbonyl (C=O) groups excluding carboxylic acids is 1. The lowest BCUT2D eigenvalue weighted by Gasteiger charge is -2.36. The average Bonchev–Trinajstić information content (AvgIpc) is 2.37. The van der Waals surface area contributed by atoms with E-state index in [0.717, 1.165) is 19.3 Å². The summed E-state index contributed by atoms with van der Waals surface area (Å²) in [5, 5.41) is 14.9. The molecule has 0 aromatic carbocycles. The van der Waals surface area contributed by atoms with E-state index in [-0.39, 0.29) is 5.54 Å². The van der Waals surface area contributed by atoms with Gasteiger partial charge in [0, 0.05) is 12.1 Å². The summed E-state index contributed by atoms with van der Waals surface area (Å²) >= 11 is 0. The molecule has 0 atom stereocenters. The zero-order valence-electron chi connectivity index (χ0n) is 13.0. The van der Waals surface area contributed by atoms with Crippen molar-refractivity contribution in [2.45, 2.75) is 57.0 Å². The number of likely N-dealkylation sites (N-methyl/N-ethyl adjacent to an activating group) is 1. The van der Waals surface area contributed by atoms with Crippen LogP contribution < -0.4 is 10.6 Å². The van der Waals surface area contributed by atoms with Gasteiger partial charge in [-0.3, -0.25) is 0 Å². The van der Waals surface area contributed by atoms with Crippen LogP contribution in [0.5, 0.6) is 0 Å². The van der Waals surface area contributed by atoms with Crippen molar-refractivity contribution in [1.82, 2.24) is 15.5 Å². The minimum Gasteiger partial charge on any atom is -0.480 e. The number of hydrogen-bond donors (Lipinski definition) is 3. The topological polar surface area (TPSA) is 81.7 Å². The van der Waals surface area contributed by atoms with Crippen molar-refractivity contribution in [2.75, 3.05) is 20.6 Å². The van der Waals surface area contributed by atoms with Crippen molar-refractivity contribution < 1.29 is 14.7 Å². The van der Waals surface area contributed by atoms with Gasteiger partial charge in [0.05, 0.1) is 0 Å². The van der Waals surface area contributed by atoms with E-state index in [1.807, 2.05) is 32.8 Å². The highest BCUT2D eigenvalue weighted by Gasteiger charge is 2.41. The third-order valence-corrected chi connectivity index (χ3v) is 4.36. The maximum absolute atomic E-state index is 12.0. The maximum atomic E-state index is 12.0. The van der Waals surface area contributed by atoms with E-state index in [0.29, 0.717) is 19.4 Å². The number of nitrogens with zero attached hydrogens (tertiary/aromatic N) is 1. The van der Waals surface area contributed by atoms with Gasteiger partial charge in [0.15, 0.2) is 0 Å². The number of carboxylic acid groups (broad SMARTS) is 1. The first-order chi connectivity index (χ1) is 9.19. The molecule has 1 rings (SSSR count). The third-order valence-electron chi connectivity index (χ3n) is 4.36. The van der Waals surface area contributed by atoms with E-state index in [1.165, 1.54) is 0 Å². The first kappa shape index (κ1) is 16.8. The maximum Gasteiger partial charge on any atom is 0.329 e. The minimum atomic E-state index is -1.09. The Kier molecular flexibility index (Phi) is 5.39. The Balaban J connectivity index is 2.57. The predicted molar refractivity (Wildman–Crippen MR) is 77.8 cm³/mol. The predicted octanol–water partition coefficient (Wildman–Crippen LogP) is 1.41. The van der Waals surface area contributed by atoms with E-state index < -0.39 is 17.5 Å². The Hall–Kier alpha value is -1.30. The lowest BCUT2D eigenvalue weighted by atomic mass is 9.82. The molecule has 20 heavy (non-hydrogen) atoms. The molecule has 0 heterocycles. The normalized spacial score (nSPS) is 18.6. The van der Waals surface area contributed by atoms with Crippen LogP contribution in [0.3, 0.4) is 0 Å². The van der Waals surface area contributed by atoms with Gasteiger partial charge in [-0.2, -0.15) is 0 Å². The van der Waals surface area contributed by atoms with Gasteiger partial charge < -0.3 is 20.6 Å².